The standard InChI is InChI=1S/C18H22N2O7S/c21-17-7-12(9-20(17)13-3-6-28(23,24)10-13)18(22)19-4-5-25-14-1-2-15-16(8-14)27-11-26-15/h1-2,8,12-13H,3-7,9-11H2,(H,19,22). The number of hydrogen-bond acceptors (Lipinski definition) is 7. The highest BCUT2D eigenvalue weighted by atomic mass is 32.2. The number of likely N-dealkylation sites (tertiary alicyclic amines) is 1. The molecule has 2 amide bonds. The van der Waals surface area contributed by atoms with Crippen LogP contribution in [0.4, 0.5) is 0 Å². The van der Waals surface area contributed by atoms with Crippen molar-refractivity contribution in [3.05, 3.63) is 18.2 Å². The average Bonchev–Trinajstić information content (AvgIpc) is 3.36. The Morgan fingerprint density at radius 2 is 2.11 bits per heavy atom. The van der Waals surface area contributed by atoms with Crippen molar-refractivity contribution >= 4 is 21.7 Å². The Morgan fingerprint density at radius 3 is 2.89 bits per heavy atom. The molecule has 9 nitrogen and oxygen atoms in total. The number of benzene rings is 1. The Morgan fingerprint density at radius 1 is 1.29 bits per heavy atom. The second-order valence-electron chi connectivity index (χ2n) is 7.16. The monoisotopic (exact) mass is 410 g/mol. The first kappa shape index (κ1) is 18.9. The SMILES string of the molecule is O=C(NCCOc1ccc2c(c1)OCO2)C1CC(=O)N(C2CCS(=O)(=O)C2)C1. The van der Waals surface area contributed by atoms with Crippen LogP contribution >= 0.6 is 0 Å². The molecule has 1 aromatic carbocycles. The molecular weight excluding hydrogens is 388 g/mol. The third-order valence-electron chi connectivity index (χ3n) is 5.19. The molecule has 10 heteroatoms. The van der Waals surface area contributed by atoms with Crippen LogP contribution in [0.2, 0.25) is 0 Å². The topological polar surface area (TPSA) is 111 Å². The van der Waals surface area contributed by atoms with Crippen molar-refractivity contribution < 1.29 is 32.2 Å². The number of nitrogens with one attached hydrogen (secondary N) is 1. The molecule has 0 aromatic heterocycles. The minimum atomic E-state index is -3.07. The lowest BCUT2D eigenvalue weighted by molar-refractivity contribution is -0.130. The average molecular weight is 410 g/mol. The number of sulfone groups is 1. The largest absolute Gasteiger partial charge is 0.492 e. The van der Waals surface area contributed by atoms with Gasteiger partial charge in [-0.05, 0) is 18.6 Å². The Balaban J connectivity index is 1.22. The van der Waals surface area contributed by atoms with E-state index in [1.807, 2.05) is 0 Å². The van der Waals surface area contributed by atoms with Crippen LogP contribution < -0.4 is 19.5 Å². The van der Waals surface area contributed by atoms with Gasteiger partial charge >= 0.3 is 0 Å². The van der Waals surface area contributed by atoms with E-state index in [1.54, 1.807) is 23.1 Å². The Bertz CT molecular complexity index is 886. The smallest absolute Gasteiger partial charge is 0.231 e. The fourth-order valence-corrected chi connectivity index (χ4v) is 5.47. The zero-order chi connectivity index (χ0) is 19.7. The van der Waals surface area contributed by atoms with Gasteiger partial charge in [-0.25, -0.2) is 8.42 Å². The molecule has 1 aromatic rings. The predicted octanol–water partition coefficient (Wildman–Crippen LogP) is -0.0541. The molecule has 4 rings (SSSR count). The van der Waals surface area contributed by atoms with Gasteiger partial charge in [0.2, 0.25) is 18.6 Å². The van der Waals surface area contributed by atoms with Crippen LogP contribution in [0.1, 0.15) is 12.8 Å². The highest BCUT2D eigenvalue weighted by Gasteiger charge is 2.41. The maximum atomic E-state index is 12.3. The number of amides is 2. The maximum absolute atomic E-state index is 12.3. The van der Waals surface area contributed by atoms with Gasteiger partial charge in [0.25, 0.3) is 0 Å². The number of fused-ring (bicyclic) bond motifs is 1. The van der Waals surface area contributed by atoms with E-state index < -0.39 is 15.8 Å². The molecular formula is C18H22N2O7S. The van der Waals surface area contributed by atoms with Gasteiger partial charge < -0.3 is 24.4 Å². The summed E-state index contributed by atoms with van der Waals surface area (Å²) in [6.45, 7) is 1.04. The second kappa shape index (κ2) is 7.50. The van der Waals surface area contributed by atoms with E-state index in [4.69, 9.17) is 14.2 Å². The van der Waals surface area contributed by atoms with Crippen LogP contribution in [-0.4, -0.2) is 69.2 Å². The molecule has 2 saturated heterocycles. The van der Waals surface area contributed by atoms with Crippen molar-refractivity contribution in [3.8, 4) is 17.2 Å². The fraction of sp³-hybridized carbons (Fsp3) is 0.556. The second-order valence-corrected chi connectivity index (χ2v) is 9.39. The number of nitrogens with zero attached hydrogens (tertiary/aromatic N) is 1. The van der Waals surface area contributed by atoms with Crippen molar-refractivity contribution in [2.24, 2.45) is 5.92 Å². The van der Waals surface area contributed by atoms with E-state index in [1.165, 1.54) is 0 Å². The van der Waals surface area contributed by atoms with Gasteiger partial charge in [-0.2, -0.15) is 0 Å². The lowest BCUT2D eigenvalue weighted by Crippen LogP contribution is -2.39. The molecule has 0 bridgehead atoms. The molecule has 1 N–H and O–H groups in total. The Kier molecular flexibility index (Phi) is 5.05. The van der Waals surface area contributed by atoms with Gasteiger partial charge in [-0.1, -0.05) is 0 Å². The molecule has 0 radical (unpaired) electrons. The first-order valence-corrected chi connectivity index (χ1v) is 11.0. The van der Waals surface area contributed by atoms with Gasteiger partial charge in [-0.15, -0.1) is 0 Å². The van der Waals surface area contributed by atoms with Crippen molar-refractivity contribution in [2.75, 3.05) is 38.0 Å². The zero-order valence-electron chi connectivity index (χ0n) is 15.3. The van der Waals surface area contributed by atoms with Crippen LogP contribution in [0.5, 0.6) is 17.2 Å². The summed E-state index contributed by atoms with van der Waals surface area (Å²) in [6, 6.07) is 4.95. The maximum Gasteiger partial charge on any atom is 0.231 e. The molecule has 28 heavy (non-hydrogen) atoms. The fourth-order valence-electron chi connectivity index (χ4n) is 3.74. The van der Waals surface area contributed by atoms with Gasteiger partial charge in [0.15, 0.2) is 21.3 Å². The van der Waals surface area contributed by atoms with Gasteiger partial charge in [0.1, 0.15) is 12.4 Å². The van der Waals surface area contributed by atoms with E-state index in [0.717, 1.165) is 0 Å². The third-order valence-corrected chi connectivity index (χ3v) is 6.94. The summed E-state index contributed by atoms with van der Waals surface area (Å²) in [4.78, 5) is 26.1. The molecule has 3 aliphatic rings. The molecule has 2 fully saturated rings. The number of carbonyl (C=O) groups is 2. The molecule has 3 aliphatic heterocycles. The van der Waals surface area contributed by atoms with Crippen molar-refractivity contribution in [1.29, 1.82) is 0 Å². The Labute approximate surface area is 162 Å². The van der Waals surface area contributed by atoms with Crippen LogP contribution in [0, 0.1) is 5.92 Å². The summed E-state index contributed by atoms with van der Waals surface area (Å²) in [7, 11) is -3.07. The highest BCUT2D eigenvalue weighted by molar-refractivity contribution is 7.91. The van der Waals surface area contributed by atoms with E-state index in [0.29, 0.717) is 30.2 Å². The summed E-state index contributed by atoms with van der Waals surface area (Å²) < 4.78 is 39.4. The summed E-state index contributed by atoms with van der Waals surface area (Å²) in [6.07, 6.45) is 0.567. The summed E-state index contributed by atoms with van der Waals surface area (Å²) in [5, 5.41) is 2.78. The van der Waals surface area contributed by atoms with Crippen LogP contribution in [-0.2, 0) is 19.4 Å². The van der Waals surface area contributed by atoms with Gasteiger partial charge in [-0.3, -0.25) is 9.59 Å². The lowest BCUT2D eigenvalue weighted by Gasteiger charge is -2.22. The molecule has 2 atom stereocenters. The summed E-state index contributed by atoms with van der Waals surface area (Å²) in [5.74, 6) is 1.19. The molecule has 0 spiro atoms. The zero-order valence-corrected chi connectivity index (χ0v) is 16.1. The predicted molar refractivity (Wildman–Crippen MR) is 97.9 cm³/mol. The van der Waals surface area contributed by atoms with Crippen LogP contribution in [0.3, 0.4) is 0 Å². The molecule has 0 saturated carbocycles. The molecule has 3 heterocycles. The van der Waals surface area contributed by atoms with Crippen molar-refractivity contribution in [3.63, 3.8) is 0 Å². The van der Waals surface area contributed by atoms with Crippen LogP contribution in [0.25, 0.3) is 0 Å². The Hall–Kier alpha value is -2.49. The normalized spacial score (nSPS) is 25.1. The third kappa shape index (κ3) is 4.01. The quantitative estimate of drug-likeness (QED) is 0.655. The van der Waals surface area contributed by atoms with E-state index in [2.05, 4.69) is 5.32 Å². The van der Waals surface area contributed by atoms with Gasteiger partial charge in [0.05, 0.1) is 24.0 Å². The number of rotatable bonds is 6. The van der Waals surface area contributed by atoms with E-state index >= 15 is 0 Å². The number of ether oxygens (including phenoxy) is 3. The minimum absolute atomic E-state index is 0.00352. The summed E-state index contributed by atoms with van der Waals surface area (Å²) >= 11 is 0. The van der Waals surface area contributed by atoms with Gasteiger partial charge in [0, 0.05) is 25.1 Å². The first-order valence-electron chi connectivity index (χ1n) is 9.21. The van der Waals surface area contributed by atoms with E-state index in [9.17, 15) is 18.0 Å². The highest BCUT2D eigenvalue weighted by Crippen LogP contribution is 2.35. The first-order chi connectivity index (χ1) is 13.4. The van der Waals surface area contributed by atoms with E-state index in [-0.39, 0.29) is 55.7 Å². The molecule has 2 unspecified atom stereocenters. The molecule has 152 valence electrons. The molecule has 0 aliphatic carbocycles. The van der Waals surface area contributed by atoms with Crippen molar-refractivity contribution in [2.45, 2.75) is 18.9 Å². The summed E-state index contributed by atoms with van der Waals surface area (Å²) in [5.41, 5.74) is 0. The number of hydrogen-bond donors (Lipinski definition) is 1. The minimum Gasteiger partial charge on any atom is -0.492 e. The number of carbonyl (C=O) groups excluding carboxylic acids is 2. The van der Waals surface area contributed by atoms with Crippen LogP contribution in [0.15, 0.2) is 18.2 Å². The van der Waals surface area contributed by atoms with Crippen molar-refractivity contribution in [1.82, 2.24) is 10.2 Å². The lowest BCUT2D eigenvalue weighted by atomic mass is 10.1.